The van der Waals surface area contributed by atoms with Crippen molar-refractivity contribution >= 4 is 22.4 Å². The summed E-state index contributed by atoms with van der Waals surface area (Å²) in [5.74, 6) is -1.22. The molecule has 0 aliphatic rings. The quantitative estimate of drug-likeness (QED) is 0.569. The maximum Gasteiger partial charge on any atom is 0.344 e. The van der Waals surface area contributed by atoms with Crippen molar-refractivity contribution in [2.24, 2.45) is 0 Å². The Bertz CT molecular complexity index is 1200. The van der Waals surface area contributed by atoms with Crippen LogP contribution in [-0.4, -0.2) is 5.91 Å². The number of hydrogen-bond acceptors (Lipinski definition) is 3. The lowest BCUT2D eigenvalue weighted by atomic mass is 9.98. The van der Waals surface area contributed by atoms with Crippen LogP contribution in [0.2, 0.25) is 0 Å². The summed E-state index contributed by atoms with van der Waals surface area (Å²) in [5.41, 5.74) is 0.922. The SMILES string of the molecule is O=C(Nc1cccc(F)c1)c1oc(=O)c2ccccc2c1-c1ccccc1. The lowest BCUT2D eigenvalue weighted by Gasteiger charge is -2.12. The lowest BCUT2D eigenvalue weighted by molar-refractivity contribution is 0.0994. The van der Waals surface area contributed by atoms with Gasteiger partial charge in [0.15, 0.2) is 0 Å². The second-order valence-electron chi connectivity index (χ2n) is 5.97. The largest absolute Gasteiger partial charge is 0.416 e. The fourth-order valence-electron chi connectivity index (χ4n) is 3.01. The van der Waals surface area contributed by atoms with Gasteiger partial charge >= 0.3 is 5.63 Å². The molecule has 1 amide bonds. The van der Waals surface area contributed by atoms with E-state index in [1.165, 1.54) is 18.2 Å². The van der Waals surface area contributed by atoms with Crippen LogP contribution >= 0.6 is 0 Å². The zero-order chi connectivity index (χ0) is 18.8. The average molecular weight is 359 g/mol. The molecule has 0 saturated carbocycles. The van der Waals surface area contributed by atoms with E-state index < -0.39 is 17.3 Å². The molecule has 0 spiro atoms. The number of carbonyl (C=O) groups excluding carboxylic acids is 1. The molecule has 0 radical (unpaired) electrons. The van der Waals surface area contributed by atoms with Crippen molar-refractivity contribution in [1.82, 2.24) is 0 Å². The number of halogens is 1. The van der Waals surface area contributed by atoms with Crippen LogP contribution in [0, 0.1) is 5.82 Å². The summed E-state index contributed by atoms with van der Waals surface area (Å²) < 4.78 is 18.8. The lowest BCUT2D eigenvalue weighted by Crippen LogP contribution is -2.17. The summed E-state index contributed by atoms with van der Waals surface area (Å²) in [5, 5.41) is 3.59. The molecule has 0 aliphatic heterocycles. The molecule has 1 heterocycles. The van der Waals surface area contributed by atoms with Gasteiger partial charge in [-0.3, -0.25) is 4.79 Å². The molecule has 0 saturated heterocycles. The van der Waals surface area contributed by atoms with E-state index in [-0.39, 0.29) is 11.4 Å². The van der Waals surface area contributed by atoms with Gasteiger partial charge in [0.05, 0.1) is 5.39 Å². The Morgan fingerprint density at radius 1 is 0.852 bits per heavy atom. The number of benzene rings is 3. The third kappa shape index (κ3) is 3.22. The van der Waals surface area contributed by atoms with Crippen LogP contribution in [0.25, 0.3) is 21.9 Å². The number of rotatable bonds is 3. The molecule has 4 nitrogen and oxygen atoms in total. The summed E-state index contributed by atoms with van der Waals surface area (Å²) in [6.07, 6.45) is 0. The minimum Gasteiger partial charge on any atom is -0.416 e. The Balaban J connectivity index is 1.92. The number of carbonyl (C=O) groups is 1. The fourth-order valence-corrected chi connectivity index (χ4v) is 3.01. The second-order valence-corrected chi connectivity index (χ2v) is 5.97. The first-order valence-corrected chi connectivity index (χ1v) is 8.31. The van der Waals surface area contributed by atoms with Gasteiger partial charge < -0.3 is 9.73 Å². The van der Waals surface area contributed by atoms with Gasteiger partial charge in [0.25, 0.3) is 5.91 Å². The van der Waals surface area contributed by atoms with Crippen molar-refractivity contribution in [2.75, 3.05) is 5.32 Å². The zero-order valence-electron chi connectivity index (χ0n) is 14.1. The van der Waals surface area contributed by atoms with Crippen LogP contribution < -0.4 is 10.9 Å². The highest BCUT2D eigenvalue weighted by atomic mass is 19.1. The number of amides is 1. The molecule has 0 atom stereocenters. The van der Waals surface area contributed by atoms with Gasteiger partial charge in [-0.25, -0.2) is 9.18 Å². The first-order chi connectivity index (χ1) is 13.1. The predicted octanol–water partition coefficient (Wildman–Crippen LogP) is 4.85. The fraction of sp³-hybridized carbons (Fsp3) is 0. The Hall–Kier alpha value is -3.73. The van der Waals surface area contributed by atoms with Crippen LogP contribution in [-0.2, 0) is 0 Å². The first-order valence-electron chi connectivity index (χ1n) is 8.31. The molecule has 0 fully saturated rings. The highest BCUT2D eigenvalue weighted by molar-refractivity contribution is 6.11. The Kier molecular flexibility index (Phi) is 4.26. The number of nitrogens with one attached hydrogen (secondary N) is 1. The Labute approximate surface area is 153 Å². The van der Waals surface area contributed by atoms with E-state index in [4.69, 9.17) is 4.42 Å². The van der Waals surface area contributed by atoms with Crippen molar-refractivity contribution in [1.29, 1.82) is 0 Å². The van der Waals surface area contributed by atoms with Crippen LogP contribution in [0.1, 0.15) is 10.6 Å². The van der Waals surface area contributed by atoms with Gasteiger partial charge in [0.1, 0.15) is 5.82 Å². The molecule has 0 bridgehead atoms. The summed E-state index contributed by atoms with van der Waals surface area (Å²) >= 11 is 0. The summed E-state index contributed by atoms with van der Waals surface area (Å²) in [6.45, 7) is 0. The normalized spacial score (nSPS) is 10.7. The molecule has 132 valence electrons. The van der Waals surface area contributed by atoms with Crippen molar-refractivity contribution in [2.45, 2.75) is 0 Å². The summed E-state index contributed by atoms with van der Waals surface area (Å²) in [7, 11) is 0. The van der Waals surface area contributed by atoms with E-state index in [0.29, 0.717) is 16.3 Å². The highest BCUT2D eigenvalue weighted by Crippen LogP contribution is 2.31. The number of fused-ring (bicyclic) bond motifs is 1. The molecular formula is C22H14FNO3. The molecule has 1 aromatic heterocycles. The van der Waals surface area contributed by atoms with Crippen molar-refractivity contribution in [3.63, 3.8) is 0 Å². The molecular weight excluding hydrogens is 345 g/mol. The standard InChI is InChI=1S/C22H14FNO3/c23-15-9-6-10-16(13-15)24-21(25)20-19(14-7-2-1-3-8-14)17-11-4-5-12-18(17)22(26)27-20/h1-13H,(H,24,25). The van der Waals surface area contributed by atoms with E-state index in [9.17, 15) is 14.0 Å². The molecule has 3 aromatic carbocycles. The van der Waals surface area contributed by atoms with Gasteiger partial charge in [0.2, 0.25) is 5.76 Å². The van der Waals surface area contributed by atoms with Gasteiger partial charge in [0, 0.05) is 16.6 Å². The van der Waals surface area contributed by atoms with E-state index in [2.05, 4.69) is 5.32 Å². The monoisotopic (exact) mass is 359 g/mol. The Morgan fingerprint density at radius 3 is 2.30 bits per heavy atom. The zero-order valence-corrected chi connectivity index (χ0v) is 14.1. The smallest absolute Gasteiger partial charge is 0.344 e. The van der Waals surface area contributed by atoms with Crippen LogP contribution in [0.4, 0.5) is 10.1 Å². The van der Waals surface area contributed by atoms with E-state index in [1.807, 2.05) is 30.3 Å². The van der Waals surface area contributed by atoms with Crippen molar-refractivity contribution < 1.29 is 13.6 Å². The van der Waals surface area contributed by atoms with E-state index in [1.54, 1.807) is 30.3 Å². The van der Waals surface area contributed by atoms with Gasteiger partial charge in [-0.2, -0.15) is 0 Å². The van der Waals surface area contributed by atoms with Gasteiger partial charge in [-0.1, -0.05) is 54.6 Å². The summed E-state index contributed by atoms with van der Waals surface area (Å²) in [6, 6.07) is 21.7. The highest BCUT2D eigenvalue weighted by Gasteiger charge is 2.21. The van der Waals surface area contributed by atoms with Crippen LogP contribution in [0.3, 0.4) is 0 Å². The van der Waals surface area contributed by atoms with Crippen LogP contribution in [0.15, 0.2) is 88.1 Å². The van der Waals surface area contributed by atoms with Crippen LogP contribution in [0.5, 0.6) is 0 Å². The van der Waals surface area contributed by atoms with E-state index in [0.717, 1.165) is 5.56 Å². The number of hydrogen-bond donors (Lipinski definition) is 1. The number of anilines is 1. The molecule has 5 heteroatoms. The molecule has 0 aliphatic carbocycles. The maximum absolute atomic E-state index is 13.4. The van der Waals surface area contributed by atoms with Crippen molar-refractivity contribution in [3.05, 3.63) is 101 Å². The Morgan fingerprint density at radius 2 is 1.56 bits per heavy atom. The predicted molar refractivity (Wildman–Crippen MR) is 102 cm³/mol. The minimum absolute atomic E-state index is 0.117. The maximum atomic E-state index is 13.4. The van der Waals surface area contributed by atoms with Gasteiger partial charge in [-0.15, -0.1) is 0 Å². The third-order valence-electron chi connectivity index (χ3n) is 4.19. The molecule has 4 aromatic rings. The topological polar surface area (TPSA) is 59.3 Å². The average Bonchev–Trinajstić information content (AvgIpc) is 2.68. The first kappa shape index (κ1) is 16.7. The molecule has 4 rings (SSSR count). The molecule has 1 N–H and O–H groups in total. The summed E-state index contributed by atoms with van der Waals surface area (Å²) in [4.78, 5) is 25.2. The third-order valence-corrected chi connectivity index (χ3v) is 4.19. The molecule has 27 heavy (non-hydrogen) atoms. The second kappa shape index (κ2) is 6.88. The minimum atomic E-state index is -0.623. The van der Waals surface area contributed by atoms with E-state index >= 15 is 0 Å². The molecule has 0 unspecified atom stereocenters. The van der Waals surface area contributed by atoms with Gasteiger partial charge in [-0.05, 0) is 29.8 Å². The van der Waals surface area contributed by atoms with Crippen molar-refractivity contribution in [3.8, 4) is 11.1 Å².